The van der Waals surface area contributed by atoms with E-state index in [0.29, 0.717) is 12.0 Å². The van der Waals surface area contributed by atoms with E-state index in [1.165, 1.54) is 37.1 Å². The Morgan fingerprint density at radius 2 is 1.41 bits per heavy atom. The Labute approximate surface area is 179 Å². The van der Waals surface area contributed by atoms with E-state index < -0.39 is 11.4 Å². The van der Waals surface area contributed by atoms with Gasteiger partial charge in [0.05, 0.1) is 11.4 Å². The highest BCUT2D eigenvalue weighted by Gasteiger charge is 2.34. The topological polar surface area (TPSA) is 29.5 Å². The van der Waals surface area contributed by atoms with E-state index in [4.69, 9.17) is 0 Å². The largest absolute Gasteiger partial charge is 0.593 e. The molecule has 0 saturated carbocycles. The predicted octanol–water partition coefficient (Wildman–Crippen LogP) is 4.98. The van der Waals surface area contributed by atoms with Gasteiger partial charge in [0.25, 0.3) is 0 Å². The summed E-state index contributed by atoms with van der Waals surface area (Å²) in [6, 6.07) is 16.0. The molecule has 2 aromatic carbocycles. The van der Waals surface area contributed by atoms with Gasteiger partial charge in [-0.05, 0) is 71.0 Å². The Kier molecular flexibility index (Phi) is 6.65. The van der Waals surface area contributed by atoms with Crippen molar-refractivity contribution in [3.63, 3.8) is 0 Å². The maximum Gasteiger partial charge on any atom is 0.179 e. The molecule has 4 rings (SSSR count). The van der Waals surface area contributed by atoms with Crippen molar-refractivity contribution in [1.29, 1.82) is 0 Å². The van der Waals surface area contributed by atoms with E-state index in [9.17, 15) is 4.55 Å². The lowest BCUT2D eigenvalue weighted by Gasteiger charge is -2.41. The Balaban J connectivity index is 1.31. The van der Waals surface area contributed by atoms with Crippen molar-refractivity contribution < 1.29 is 4.55 Å². The van der Waals surface area contributed by atoms with Gasteiger partial charge in [0, 0.05) is 30.3 Å². The second-order valence-corrected chi connectivity index (χ2v) is 10.3. The van der Waals surface area contributed by atoms with Crippen LogP contribution in [0.15, 0.2) is 47.4 Å². The molecule has 3 nitrogen and oxygen atoms in total. The number of hydrogen-bond donors (Lipinski definition) is 0. The van der Waals surface area contributed by atoms with Crippen LogP contribution in [0.4, 0.5) is 0 Å². The molecule has 0 bridgehead atoms. The van der Waals surface area contributed by atoms with E-state index in [1.54, 1.807) is 0 Å². The third-order valence-corrected chi connectivity index (χ3v) is 8.58. The molecule has 0 aliphatic carbocycles. The van der Waals surface area contributed by atoms with Crippen molar-refractivity contribution >= 4 is 11.4 Å². The Morgan fingerprint density at radius 1 is 0.828 bits per heavy atom. The predicted molar refractivity (Wildman–Crippen MR) is 122 cm³/mol. The zero-order valence-electron chi connectivity index (χ0n) is 18.1. The van der Waals surface area contributed by atoms with Crippen molar-refractivity contribution in [1.82, 2.24) is 9.21 Å². The minimum atomic E-state index is -1.04. The van der Waals surface area contributed by atoms with Gasteiger partial charge in [-0.1, -0.05) is 48.0 Å². The molecule has 2 aromatic rings. The van der Waals surface area contributed by atoms with Gasteiger partial charge in [-0.15, -0.1) is 4.31 Å². The summed E-state index contributed by atoms with van der Waals surface area (Å²) in [5.74, 6) is 0.715. The standard InChI is InChI=1S/C25H34N2OS/c1-19-17-20(2)25(21(3)18-19)29(28)27-15-11-24(12-16-27)26-13-9-23(10-14-26)22-7-5-4-6-8-22/h4-8,17-18,23-24H,9-16H2,1-3H3. The number of likely N-dealkylation sites (tertiary alicyclic amines) is 1. The molecule has 2 saturated heterocycles. The molecule has 29 heavy (non-hydrogen) atoms. The quantitative estimate of drug-likeness (QED) is 0.666. The van der Waals surface area contributed by atoms with Crippen LogP contribution in [-0.2, 0) is 11.4 Å². The number of benzene rings is 2. The van der Waals surface area contributed by atoms with Crippen molar-refractivity contribution in [2.24, 2.45) is 0 Å². The van der Waals surface area contributed by atoms with Crippen LogP contribution in [0, 0.1) is 20.8 Å². The average molecular weight is 411 g/mol. The van der Waals surface area contributed by atoms with Gasteiger partial charge < -0.3 is 9.45 Å². The molecule has 4 heteroatoms. The number of rotatable bonds is 4. The van der Waals surface area contributed by atoms with Crippen LogP contribution in [0.5, 0.6) is 0 Å². The lowest BCUT2D eigenvalue weighted by Crippen LogP contribution is -2.48. The first-order chi connectivity index (χ1) is 14.0. The Bertz CT molecular complexity index is 786. The molecular weight excluding hydrogens is 376 g/mol. The summed E-state index contributed by atoms with van der Waals surface area (Å²) >= 11 is -1.04. The van der Waals surface area contributed by atoms with E-state index in [1.807, 2.05) is 0 Å². The fourth-order valence-corrected chi connectivity index (χ4v) is 6.74. The first kappa shape index (κ1) is 20.9. The van der Waals surface area contributed by atoms with Crippen molar-refractivity contribution in [2.45, 2.75) is 63.3 Å². The molecule has 2 aliphatic heterocycles. The molecule has 1 unspecified atom stereocenters. The average Bonchev–Trinajstić information content (AvgIpc) is 2.74. The molecule has 0 aromatic heterocycles. The fourth-order valence-electron chi connectivity index (χ4n) is 5.27. The molecule has 0 spiro atoms. The van der Waals surface area contributed by atoms with Crippen LogP contribution < -0.4 is 0 Å². The lowest BCUT2D eigenvalue weighted by molar-refractivity contribution is 0.110. The van der Waals surface area contributed by atoms with Crippen molar-refractivity contribution in [2.75, 3.05) is 26.2 Å². The number of hydrogen-bond acceptors (Lipinski definition) is 3. The highest BCUT2D eigenvalue weighted by atomic mass is 32.2. The maximum absolute atomic E-state index is 13.3. The summed E-state index contributed by atoms with van der Waals surface area (Å²) in [6.45, 7) is 10.6. The van der Waals surface area contributed by atoms with Crippen LogP contribution in [0.1, 0.15) is 53.9 Å². The molecule has 2 fully saturated rings. The van der Waals surface area contributed by atoms with Crippen LogP contribution in [0.2, 0.25) is 0 Å². The molecule has 2 heterocycles. The molecule has 156 valence electrons. The third-order valence-electron chi connectivity index (χ3n) is 6.75. The number of nitrogens with zero attached hydrogens (tertiary/aromatic N) is 2. The first-order valence-corrected chi connectivity index (χ1v) is 12.2. The molecule has 2 aliphatic rings. The monoisotopic (exact) mass is 410 g/mol. The van der Waals surface area contributed by atoms with E-state index in [2.05, 4.69) is 72.4 Å². The maximum atomic E-state index is 13.3. The van der Waals surface area contributed by atoms with E-state index in [-0.39, 0.29) is 0 Å². The van der Waals surface area contributed by atoms with Gasteiger partial charge in [0.15, 0.2) is 4.90 Å². The Hall–Kier alpha value is -1.33. The van der Waals surface area contributed by atoms with Crippen LogP contribution in [0.3, 0.4) is 0 Å². The summed E-state index contributed by atoms with van der Waals surface area (Å²) < 4.78 is 15.5. The smallest absolute Gasteiger partial charge is 0.179 e. The number of piperidine rings is 2. The third kappa shape index (κ3) is 4.72. The second kappa shape index (κ2) is 9.22. The van der Waals surface area contributed by atoms with E-state index in [0.717, 1.165) is 42.0 Å². The minimum Gasteiger partial charge on any atom is -0.593 e. The summed E-state index contributed by atoms with van der Waals surface area (Å²) in [5, 5.41) is 0. The van der Waals surface area contributed by atoms with Crippen LogP contribution in [0.25, 0.3) is 0 Å². The number of aryl methyl sites for hydroxylation is 3. The van der Waals surface area contributed by atoms with Crippen molar-refractivity contribution in [3.8, 4) is 0 Å². The van der Waals surface area contributed by atoms with Gasteiger partial charge in [-0.25, -0.2) is 0 Å². The van der Waals surface area contributed by atoms with Gasteiger partial charge in [-0.3, -0.25) is 0 Å². The molecule has 0 amide bonds. The first-order valence-electron chi connectivity index (χ1n) is 11.1. The van der Waals surface area contributed by atoms with Gasteiger partial charge in [0.1, 0.15) is 0 Å². The summed E-state index contributed by atoms with van der Waals surface area (Å²) in [6.07, 6.45) is 4.78. The normalized spacial score (nSPS) is 21.4. The lowest BCUT2D eigenvalue weighted by atomic mass is 9.88. The van der Waals surface area contributed by atoms with E-state index >= 15 is 0 Å². The summed E-state index contributed by atoms with van der Waals surface area (Å²) in [5.41, 5.74) is 5.07. The molecular formula is C25H34N2OS. The SMILES string of the molecule is Cc1cc(C)c([S+]([O-])N2CCC(N3CCC(c4ccccc4)CC3)CC2)c(C)c1. The molecule has 0 radical (unpaired) electrons. The fraction of sp³-hybridized carbons (Fsp3) is 0.520. The van der Waals surface area contributed by atoms with Crippen LogP contribution >= 0.6 is 0 Å². The summed E-state index contributed by atoms with van der Waals surface area (Å²) in [4.78, 5) is 3.72. The summed E-state index contributed by atoms with van der Waals surface area (Å²) in [7, 11) is 0. The van der Waals surface area contributed by atoms with Gasteiger partial charge in [-0.2, -0.15) is 0 Å². The molecule has 1 atom stereocenters. The zero-order chi connectivity index (χ0) is 20.4. The van der Waals surface area contributed by atoms with Gasteiger partial charge >= 0.3 is 0 Å². The van der Waals surface area contributed by atoms with Crippen molar-refractivity contribution in [3.05, 3.63) is 64.7 Å². The minimum absolute atomic E-state index is 0.653. The zero-order valence-corrected chi connectivity index (χ0v) is 18.9. The highest BCUT2D eigenvalue weighted by molar-refractivity contribution is 7.89. The van der Waals surface area contributed by atoms with Gasteiger partial charge in [0.2, 0.25) is 0 Å². The highest BCUT2D eigenvalue weighted by Crippen LogP contribution is 2.32. The second-order valence-electron chi connectivity index (χ2n) is 8.86. The Morgan fingerprint density at radius 3 is 2.00 bits per heavy atom. The molecule has 0 N–H and O–H groups in total. The van der Waals surface area contributed by atoms with Crippen LogP contribution in [-0.4, -0.2) is 46.0 Å².